The molecule has 3 amide bonds. The van der Waals surface area contributed by atoms with Crippen LogP contribution >= 0.6 is 0 Å². The first-order chi connectivity index (χ1) is 13.0. The van der Waals surface area contributed by atoms with Gasteiger partial charge in [-0.25, -0.2) is 4.79 Å². The first-order valence-electron chi connectivity index (χ1n) is 8.34. The molecule has 0 aliphatic carbocycles. The lowest BCUT2D eigenvalue weighted by atomic mass is 10.0. The Morgan fingerprint density at radius 2 is 1.57 bits per heavy atom. The van der Waals surface area contributed by atoms with Crippen LogP contribution in [0.15, 0.2) is 24.3 Å². The van der Waals surface area contributed by atoms with Crippen molar-refractivity contribution in [2.75, 3.05) is 0 Å². The molecule has 1 aromatic carbocycles. The minimum absolute atomic E-state index is 0.00249. The number of phenolic OH excluding ortho intramolecular Hbond substituents is 1. The number of carbonyl (C=O) groups is 4. The Morgan fingerprint density at radius 3 is 2.04 bits per heavy atom. The number of carbonyl (C=O) groups excluding carboxylic acids is 3. The molecule has 0 bridgehead atoms. The SMILES string of the molecule is CC(O)C(N)C(=O)NC(Cc1ccc(O)cc1)C(=O)NC(CC(N)=O)C(=O)O. The van der Waals surface area contributed by atoms with Crippen LogP contribution in [0.4, 0.5) is 0 Å². The number of amides is 3. The summed E-state index contributed by atoms with van der Waals surface area (Å²) in [6.07, 6.45) is -1.87. The van der Waals surface area contributed by atoms with E-state index in [1.165, 1.54) is 31.2 Å². The predicted molar refractivity (Wildman–Crippen MR) is 96.8 cm³/mol. The molecule has 11 nitrogen and oxygen atoms in total. The highest BCUT2D eigenvalue weighted by Gasteiger charge is 2.30. The van der Waals surface area contributed by atoms with Gasteiger partial charge in [0.05, 0.1) is 12.5 Å². The normalized spacial score (nSPS) is 15.0. The van der Waals surface area contributed by atoms with Crippen molar-refractivity contribution in [3.8, 4) is 5.75 Å². The van der Waals surface area contributed by atoms with Crippen molar-refractivity contribution in [2.24, 2.45) is 11.5 Å². The van der Waals surface area contributed by atoms with E-state index in [1.54, 1.807) is 0 Å². The third-order valence-corrected chi connectivity index (χ3v) is 3.85. The highest BCUT2D eigenvalue weighted by molar-refractivity contribution is 5.93. The minimum Gasteiger partial charge on any atom is -0.508 e. The van der Waals surface area contributed by atoms with Crippen molar-refractivity contribution in [2.45, 2.75) is 44.0 Å². The van der Waals surface area contributed by atoms with Crippen LogP contribution < -0.4 is 22.1 Å². The number of benzene rings is 1. The van der Waals surface area contributed by atoms with E-state index in [2.05, 4.69) is 10.6 Å². The standard InChI is InChI=1S/C17H24N4O7/c1-8(22)14(19)16(26)20-11(6-9-2-4-10(23)5-3-9)15(25)21-12(17(27)28)7-13(18)24/h2-5,8,11-12,14,22-23H,6-7,19H2,1H3,(H2,18,24)(H,20,26)(H,21,25)(H,27,28). The second-order valence-corrected chi connectivity index (χ2v) is 6.27. The number of primary amides is 1. The van der Waals surface area contributed by atoms with Crippen molar-refractivity contribution >= 4 is 23.7 Å². The Labute approximate surface area is 160 Å². The number of aromatic hydroxyl groups is 1. The molecule has 0 spiro atoms. The second kappa shape index (κ2) is 10.2. The lowest BCUT2D eigenvalue weighted by Gasteiger charge is -2.23. The summed E-state index contributed by atoms with van der Waals surface area (Å²) in [7, 11) is 0. The zero-order valence-corrected chi connectivity index (χ0v) is 15.2. The molecule has 9 N–H and O–H groups in total. The number of hydrogen-bond donors (Lipinski definition) is 7. The first-order valence-corrected chi connectivity index (χ1v) is 8.34. The number of hydrogen-bond acceptors (Lipinski definition) is 7. The van der Waals surface area contributed by atoms with Crippen molar-refractivity contribution in [3.63, 3.8) is 0 Å². The van der Waals surface area contributed by atoms with Gasteiger partial charge in [-0.3, -0.25) is 14.4 Å². The maximum absolute atomic E-state index is 12.5. The number of aliphatic hydroxyl groups excluding tert-OH is 1. The summed E-state index contributed by atoms with van der Waals surface area (Å²) >= 11 is 0. The van der Waals surface area contributed by atoms with Gasteiger partial charge in [0.15, 0.2) is 0 Å². The van der Waals surface area contributed by atoms with Crippen LogP contribution in [0.3, 0.4) is 0 Å². The Kier molecular flexibility index (Phi) is 8.35. The summed E-state index contributed by atoms with van der Waals surface area (Å²) < 4.78 is 0. The summed E-state index contributed by atoms with van der Waals surface area (Å²) in [6.45, 7) is 1.30. The van der Waals surface area contributed by atoms with E-state index in [0.717, 1.165) is 0 Å². The number of aliphatic carboxylic acids is 1. The van der Waals surface area contributed by atoms with Gasteiger partial charge in [-0.2, -0.15) is 0 Å². The molecule has 0 saturated carbocycles. The smallest absolute Gasteiger partial charge is 0.326 e. The molecule has 28 heavy (non-hydrogen) atoms. The van der Waals surface area contributed by atoms with Gasteiger partial charge in [0.1, 0.15) is 23.9 Å². The van der Waals surface area contributed by atoms with Crippen LogP contribution in [0.1, 0.15) is 18.9 Å². The topological polar surface area (TPSA) is 205 Å². The number of aliphatic hydroxyl groups is 1. The molecule has 0 radical (unpaired) electrons. The van der Waals surface area contributed by atoms with Crippen molar-refractivity contribution in [1.82, 2.24) is 10.6 Å². The molecule has 11 heteroatoms. The first kappa shape index (κ1) is 22.9. The minimum atomic E-state index is -1.57. The van der Waals surface area contributed by atoms with Gasteiger partial charge in [-0.15, -0.1) is 0 Å². The van der Waals surface area contributed by atoms with E-state index in [4.69, 9.17) is 16.6 Å². The summed E-state index contributed by atoms with van der Waals surface area (Å²) in [5.41, 5.74) is 11.1. The average Bonchev–Trinajstić information content (AvgIpc) is 2.60. The zero-order valence-electron chi connectivity index (χ0n) is 15.2. The van der Waals surface area contributed by atoms with E-state index in [0.29, 0.717) is 5.56 Å². The van der Waals surface area contributed by atoms with E-state index in [-0.39, 0.29) is 12.2 Å². The van der Waals surface area contributed by atoms with Crippen LogP contribution in [-0.2, 0) is 25.6 Å². The van der Waals surface area contributed by atoms with E-state index >= 15 is 0 Å². The fourth-order valence-electron chi connectivity index (χ4n) is 2.24. The Morgan fingerprint density at radius 1 is 1.04 bits per heavy atom. The number of carboxylic acid groups (broad SMARTS) is 1. The molecular weight excluding hydrogens is 372 g/mol. The largest absolute Gasteiger partial charge is 0.508 e. The molecule has 0 aliphatic heterocycles. The Hall–Kier alpha value is -3.18. The quantitative estimate of drug-likeness (QED) is 0.226. The number of phenols is 1. The molecule has 1 aromatic rings. The Balaban J connectivity index is 3.01. The molecule has 154 valence electrons. The van der Waals surface area contributed by atoms with Crippen LogP contribution in [0.2, 0.25) is 0 Å². The van der Waals surface area contributed by atoms with Crippen molar-refractivity contribution < 1.29 is 34.5 Å². The second-order valence-electron chi connectivity index (χ2n) is 6.27. The third-order valence-electron chi connectivity index (χ3n) is 3.85. The van der Waals surface area contributed by atoms with E-state index in [9.17, 15) is 29.4 Å². The third kappa shape index (κ3) is 7.21. The molecular formula is C17H24N4O7. The number of carboxylic acids is 1. The summed E-state index contributed by atoms with van der Waals surface area (Å²) in [6, 6.07) is 1.63. The van der Waals surface area contributed by atoms with Gasteiger partial charge in [-0.1, -0.05) is 12.1 Å². The molecule has 1 rings (SSSR count). The summed E-state index contributed by atoms with van der Waals surface area (Å²) in [5, 5.41) is 32.4. The van der Waals surface area contributed by atoms with Crippen LogP contribution in [-0.4, -0.2) is 63.2 Å². The molecule has 0 aliphatic rings. The average molecular weight is 396 g/mol. The molecule has 0 saturated heterocycles. The van der Waals surface area contributed by atoms with Gasteiger partial charge in [0.25, 0.3) is 0 Å². The number of rotatable bonds is 10. The lowest BCUT2D eigenvalue weighted by molar-refractivity contribution is -0.143. The fourth-order valence-corrected chi connectivity index (χ4v) is 2.24. The highest BCUT2D eigenvalue weighted by atomic mass is 16.4. The highest BCUT2D eigenvalue weighted by Crippen LogP contribution is 2.12. The zero-order chi connectivity index (χ0) is 21.4. The van der Waals surface area contributed by atoms with Gasteiger partial charge in [0, 0.05) is 6.42 Å². The molecule has 0 aromatic heterocycles. The van der Waals surface area contributed by atoms with Crippen molar-refractivity contribution in [3.05, 3.63) is 29.8 Å². The predicted octanol–water partition coefficient (Wildman–Crippen LogP) is -2.43. The van der Waals surface area contributed by atoms with Gasteiger partial charge < -0.3 is 37.4 Å². The number of nitrogens with two attached hydrogens (primary N) is 2. The maximum Gasteiger partial charge on any atom is 0.326 e. The molecule has 0 fully saturated rings. The molecule has 0 heterocycles. The van der Waals surface area contributed by atoms with Gasteiger partial charge in [-0.05, 0) is 24.6 Å². The monoisotopic (exact) mass is 396 g/mol. The van der Waals surface area contributed by atoms with Crippen molar-refractivity contribution in [1.29, 1.82) is 0 Å². The van der Waals surface area contributed by atoms with E-state index < -0.39 is 54.3 Å². The van der Waals surface area contributed by atoms with Gasteiger partial charge in [0.2, 0.25) is 17.7 Å². The molecule has 4 unspecified atom stereocenters. The molecule has 4 atom stereocenters. The maximum atomic E-state index is 12.5. The Bertz CT molecular complexity index is 721. The summed E-state index contributed by atoms with van der Waals surface area (Å²) in [5.74, 6) is -4.11. The summed E-state index contributed by atoms with van der Waals surface area (Å²) in [4.78, 5) is 46.9. The lowest BCUT2D eigenvalue weighted by Crippen LogP contribution is -2.57. The number of nitrogens with one attached hydrogen (secondary N) is 2. The van der Waals surface area contributed by atoms with Crippen LogP contribution in [0.25, 0.3) is 0 Å². The fraction of sp³-hybridized carbons (Fsp3) is 0.412. The van der Waals surface area contributed by atoms with Crippen LogP contribution in [0.5, 0.6) is 5.75 Å². The van der Waals surface area contributed by atoms with E-state index in [1.807, 2.05) is 0 Å². The van der Waals surface area contributed by atoms with Gasteiger partial charge >= 0.3 is 5.97 Å². The van der Waals surface area contributed by atoms with Crippen LogP contribution in [0, 0.1) is 0 Å².